The van der Waals surface area contributed by atoms with Crippen molar-refractivity contribution in [3.05, 3.63) is 105 Å². The highest BCUT2D eigenvalue weighted by atomic mass is 16.5. The minimum atomic E-state index is -1.10. The van der Waals surface area contributed by atoms with Gasteiger partial charge in [-0.15, -0.1) is 0 Å². The van der Waals surface area contributed by atoms with E-state index in [-0.39, 0.29) is 66.8 Å². The smallest absolute Gasteiger partial charge is 0.258 e. The summed E-state index contributed by atoms with van der Waals surface area (Å²) in [6.45, 7) is 6.95. The van der Waals surface area contributed by atoms with Crippen LogP contribution in [0.4, 0.5) is 5.69 Å². The second kappa shape index (κ2) is 26.3. The standard InChI is InChI=1S/C74H98N6O11/c1-43(26-31-75-3)18-20-46-15-12-30-74(54(46)24-19-44(2)79-74)91-60-38-58(88-33-32-76-4)50-22-23-51-64-57(78-70(85)67(60)66(50)64)37-59-65(51)68(83)52(42-90-59)47-34-61(87-6)69(84)62(35-47)89-41-49(40-81)73-29-13-17-55(56(73)25-21-45-14-8-9-16-53(45)73)72(27-10-7-11-28-72)80-63(82)36-48(39-77-5)71(80)86/h8-9,14,16,21,25,34-38,43-44,46,49,52,54-56,68,70,75-79,81,83-85H,7,10-13,15,17-20,22-24,26-33,39-42H2,1-6H3/t43-,44-,46-,49-,52-,54-,55-,56+,68-,70+,73-,74-/m0/s1. The van der Waals surface area contributed by atoms with Crippen LogP contribution in [-0.2, 0) is 27.8 Å². The van der Waals surface area contributed by atoms with E-state index in [0.717, 1.165) is 136 Å². The summed E-state index contributed by atoms with van der Waals surface area (Å²) in [5, 5.41) is 66.7. The first-order valence-electron chi connectivity index (χ1n) is 34.4. The molecule has 4 fully saturated rings. The van der Waals surface area contributed by atoms with Crippen molar-refractivity contribution in [1.29, 1.82) is 0 Å². The van der Waals surface area contributed by atoms with Gasteiger partial charge in [-0.1, -0.05) is 75.4 Å². The number of aliphatic hydroxyl groups excluding tert-OH is 3. The number of hydrogen-bond donors (Lipinski definition) is 9. The maximum atomic E-state index is 14.4. The summed E-state index contributed by atoms with van der Waals surface area (Å²) >= 11 is 0. The van der Waals surface area contributed by atoms with Gasteiger partial charge in [0.2, 0.25) is 5.75 Å². The van der Waals surface area contributed by atoms with Gasteiger partial charge in [-0.3, -0.25) is 19.8 Å². The number of piperidine rings is 1. The van der Waals surface area contributed by atoms with Crippen molar-refractivity contribution in [2.75, 3.05) is 79.6 Å². The number of anilines is 1. The number of methoxy groups -OCH3 is 1. The van der Waals surface area contributed by atoms with Crippen LogP contribution in [0.25, 0.3) is 17.2 Å². The zero-order valence-electron chi connectivity index (χ0n) is 54.4. The third-order valence-corrected chi connectivity index (χ3v) is 23.3. The van der Waals surface area contributed by atoms with Gasteiger partial charge in [0.15, 0.2) is 23.5 Å². The van der Waals surface area contributed by atoms with Crippen LogP contribution in [0.2, 0.25) is 0 Å². The monoisotopic (exact) mass is 1250 g/mol. The number of benzene rings is 4. The highest BCUT2D eigenvalue weighted by Crippen LogP contribution is 2.62. The van der Waals surface area contributed by atoms with E-state index in [2.05, 4.69) is 70.8 Å². The van der Waals surface area contributed by atoms with Crippen LogP contribution in [0.3, 0.4) is 0 Å². The van der Waals surface area contributed by atoms with E-state index >= 15 is 0 Å². The summed E-state index contributed by atoms with van der Waals surface area (Å²) in [4.78, 5) is 30.3. The second-order valence-corrected chi connectivity index (χ2v) is 28.3. The van der Waals surface area contributed by atoms with Crippen LogP contribution < -0.4 is 50.3 Å². The Kier molecular flexibility index (Phi) is 18.4. The number of ether oxygens (including phenoxy) is 5. The van der Waals surface area contributed by atoms with Crippen LogP contribution in [0.15, 0.2) is 66.3 Å². The van der Waals surface area contributed by atoms with Crippen molar-refractivity contribution in [2.24, 2.45) is 35.5 Å². The van der Waals surface area contributed by atoms with Gasteiger partial charge >= 0.3 is 0 Å². The van der Waals surface area contributed by atoms with Gasteiger partial charge in [0, 0.05) is 100 Å². The number of nitrogens with zero attached hydrogens (tertiary/aromatic N) is 1. The number of likely N-dealkylation sites (N-methyl/N-ethyl adjacent to an activating group) is 2. The highest BCUT2D eigenvalue weighted by Gasteiger charge is 2.61. The first-order chi connectivity index (χ1) is 44.2. The number of nitrogens with one attached hydrogen (secondary N) is 5. The summed E-state index contributed by atoms with van der Waals surface area (Å²) in [6.07, 6.45) is 20.4. The van der Waals surface area contributed by atoms with E-state index in [4.69, 9.17) is 23.7 Å². The Morgan fingerprint density at radius 1 is 0.813 bits per heavy atom. The van der Waals surface area contributed by atoms with Crippen molar-refractivity contribution < 1.29 is 53.7 Å². The molecule has 5 aliphatic carbocycles. The number of carbonyl (C=O) groups excluding carboxylic acids is 2. The molecule has 0 unspecified atom stereocenters. The predicted molar refractivity (Wildman–Crippen MR) is 352 cm³/mol. The summed E-state index contributed by atoms with van der Waals surface area (Å²) in [7, 11) is 7.24. The highest BCUT2D eigenvalue weighted by molar-refractivity contribution is 6.17. The van der Waals surface area contributed by atoms with E-state index in [1.807, 2.05) is 32.3 Å². The topological polar surface area (TPSA) is 225 Å². The number of carbonyl (C=O) groups is 2. The Labute approximate surface area is 537 Å². The minimum absolute atomic E-state index is 0.0221. The van der Waals surface area contributed by atoms with E-state index < -0.39 is 40.8 Å². The van der Waals surface area contributed by atoms with Crippen molar-refractivity contribution in [3.63, 3.8) is 0 Å². The van der Waals surface area contributed by atoms with Crippen LogP contribution in [0.5, 0.6) is 34.5 Å². The predicted octanol–water partition coefficient (Wildman–Crippen LogP) is 10.3. The molecule has 4 aromatic rings. The van der Waals surface area contributed by atoms with Gasteiger partial charge in [-0.25, -0.2) is 0 Å². The Bertz CT molecular complexity index is 3440. The van der Waals surface area contributed by atoms with E-state index in [0.29, 0.717) is 89.7 Å². The molecule has 0 aromatic heterocycles. The summed E-state index contributed by atoms with van der Waals surface area (Å²) in [6, 6.07) is 16.1. The third-order valence-electron chi connectivity index (χ3n) is 23.3. The maximum absolute atomic E-state index is 14.4. The molecule has 4 heterocycles. The molecule has 17 nitrogen and oxygen atoms in total. The van der Waals surface area contributed by atoms with E-state index in [1.165, 1.54) is 26.0 Å². The van der Waals surface area contributed by atoms with Crippen molar-refractivity contribution in [3.8, 4) is 45.6 Å². The number of aromatic hydroxyl groups is 1. The normalized spacial score (nSPS) is 29.1. The second-order valence-electron chi connectivity index (χ2n) is 28.3. The number of phenols is 1. The Morgan fingerprint density at radius 2 is 1.60 bits per heavy atom. The Balaban J connectivity index is 0.828. The molecular weight excluding hydrogens is 1150 g/mol. The molecular formula is C74H98N6O11. The van der Waals surface area contributed by atoms with Gasteiger partial charge < -0.3 is 65.4 Å². The molecule has 1 saturated heterocycles. The molecule has 0 bridgehead atoms. The first kappa shape index (κ1) is 63.6. The van der Waals surface area contributed by atoms with Gasteiger partial charge in [-0.2, -0.15) is 0 Å². The average molecular weight is 1250 g/mol. The zero-order chi connectivity index (χ0) is 63.3. The zero-order valence-corrected chi connectivity index (χ0v) is 54.4. The van der Waals surface area contributed by atoms with Crippen molar-refractivity contribution >= 4 is 23.6 Å². The average Bonchev–Trinajstić information content (AvgIpc) is 1.23. The minimum Gasteiger partial charge on any atom is -0.502 e. The van der Waals surface area contributed by atoms with Gasteiger partial charge in [-0.05, 0) is 170 Å². The fraction of sp³-hybridized carbons (Fsp3) is 0.595. The molecule has 9 N–H and O–H groups in total. The van der Waals surface area contributed by atoms with E-state index in [1.54, 1.807) is 24.1 Å². The molecule has 9 aliphatic rings. The molecule has 4 aromatic carbocycles. The summed E-state index contributed by atoms with van der Waals surface area (Å²) < 4.78 is 33.9. The Hall–Kier alpha value is -6.18. The lowest BCUT2D eigenvalue weighted by Crippen LogP contribution is -2.65. The van der Waals surface area contributed by atoms with Gasteiger partial charge in [0.1, 0.15) is 23.9 Å². The Morgan fingerprint density at radius 3 is 2.40 bits per heavy atom. The van der Waals surface area contributed by atoms with E-state index in [9.17, 15) is 30.0 Å². The number of rotatable bonds is 23. The SMILES string of the molecule is CNCCOc1cc(O[C@@]23CCC[C@@H](CC[C@H](C)CCNC)[C@@H]2CC[C@H](C)N3)c2c3c1CCc1c-3c(cc3c1[C@@H](O)[C@H](c1cc(OC)c(O)c(OC[C@H](CO)[C@]45CCC[C@H](C6(N7C(=O)C=C(CNC)C7=O)CCCCC6)[C@H]4C=Cc4ccccc45)c1)CO3)N[C@@H]2O. The number of aliphatic hydroxyl groups is 3. The molecule has 4 aliphatic heterocycles. The van der Waals surface area contributed by atoms with Crippen LogP contribution >= 0.6 is 0 Å². The third kappa shape index (κ3) is 11.1. The molecule has 91 heavy (non-hydrogen) atoms. The van der Waals surface area contributed by atoms with Gasteiger partial charge in [0.05, 0.1) is 44.1 Å². The number of fused-ring (bicyclic) bond motifs is 6. The lowest BCUT2D eigenvalue weighted by atomic mass is 9.47. The largest absolute Gasteiger partial charge is 0.502 e. The fourth-order valence-corrected chi connectivity index (χ4v) is 19.0. The van der Waals surface area contributed by atoms with Crippen molar-refractivity contribution in [1.82, 2.24) is 26.2 Å². The van der Waals surface area contributed by atoms with Crippen molar-refractivity contribution in [2.45, 2.75) is 170 Å². The number of imide groups is 1. The molecule has 0 radical (unpaired) electrons. The van der Waals surface area contributed by atoms with Crippen LogP contribution in [0.1, 0.15) is 174 Å². The lowest BCUT2D eigenvalue weighted by molar-refractivity contribution is -0.153. The quantitative estimate of drug-likeness (QED) is 0.0249. The maximum Gasteiger partial charge on any atom is 0.258 e. The van der Waals surface area contributed by atoms with Crippen LogP contribution in [-0.4, -0.2) is 129 Å². The molecule has 17 heteroatoms. The van der Waals surface area contributed by atoms with Crippen LogP contribution in [0, 0.1) is 35.5 Å². The van der Waals surface area contributed by atoms with Gasteiger partial charge in [0.25, 0.3) is 11.8 Å². The lowest BCUT2D eigenvalue weighted by Gasteiger charge is -2.60. The number of phenolic OH excluding ortho intramolecular Hbond substituents is 1. The molecule has 2 amide bonds. The number of amides is 2. The number of allylic oxidation sites excluding steroid dienone is 1. The summed E-state index contributed by atoms with van der Waals surface area (Å²) in [5.41, 5.74) is 7.06. The molecule has 13 rings (SSSR count). The molecule has 3 saturated carbocycles. The summed E-state index contributed by atoms with van der Waals surface area (Å²) in [5.74, 6) is 1.60. The molecule has 490 valence electrons. The molecule has 12 atom stereocenters. The first-order valence-corrected chi connectivity index (χ1v) is 34.4. The molecule has 0 spiro atoms. The number of hydrogen-bond acceptors (Lipinski definition) is 16. The fourth-order valence-electron chi connectivity index (χ4n) is 19.0.